The summed E-state index contributed by atoms with van der Waals surface area (Å²) >= 11 is 0. The summed E-state index contributed by atoms with van der Waals surface area (Å²) in [6.45, 7) is 2.53. The highest BCUT2D eigenvalue weighted by Gasteiger charge is 2.29. The summed E-state index contributed by atoms with van der Waals surface area (Å²) in [7, 11) is 0. The highest BCUT2D eigenvalue weighted by Crippen LogP contribution is 2.12. The van der Waals surface area contributed by atoms with Crippen molar-refractivity contribution in [3.8, 4) is 0 Å². The van der Waals surface area contributed by atoms with Gasteiger partial charge in [0.2, 0.25) is 11.8 Å². The lowest BCUT2D eigenvalue weighted by Gasteiger charge is -2.17. The van der Waals surface area contributed by atoms with Gasteiger partial charge >= 0.3 is 5.97 Å². The van der Waals surface area contributed by atoms with E-state index in [1.54, 1.807) is 0 Å². The molecular formula is C10H16N2O4. The highest BCUT2D eigenvalue weighted by atomic mass is 16.4. The Hall–Kier alpha value is -1.43. The number of carbonyl (C=O) groups is 3. The molecule has 16 heavy (non-hydrogen) atoms. The molecule has 0 aliphatic carbocycles. The lowest BCUT2D eigenvalue weighted by atomic mass is 10.2. The first-order valence-corrected chi connectivity index (χ1v) is 5.35. The first-order chi connectivity index (χ1) is 7.56. The van der Waals surface area contributed by atoms with Crippen molar-refractivity contribution in [1.29, 1.82) is 0 Å². The Labute approximate surface area is 93.6 Å². The minimum absolute atomic E-state index is 0.182. The molecular weight excluding hydrogens is 212 g/mol. The lowest BCUT2D eigenvalue weighted by molar-refractivity contribution is -0.142. The summed E-state index contributed by atoms with van der Waals surface area (Å²) in [5.74, 6) is -1.36. The maximum Gasteiger partial charge on any atom is 0.320 e. The van der Waals surface area contributed by atoms with Crippen LogP contribution in [0.15, 0.2) is 0 Å². The van der Waals surface area contributed by atoms with Gasteiger partial charge in [-0.05, 0) is 13.0 Å². The summed E-state index contributed by atoms with van der Waals surface area (Å²) in [5, 5.41) is 11.6. The number of nitrogens with zero attached hydrogens (tertiary/aromatic N) is 1. The molecule has 0 aromatic carbocycles. The van der Waals surface area contributed by atoms with Crippen molar-refractivity contribution >= 4 is 17.8 Å². The molecule has 0 radical (unpaired) electrons. The number of hydrogen-bond donors (Lipinski definition) is 2. The number of aliphatic carboxylic acids is 1. The lowest BCUT2D eigenvalue weighted by Crippen LogP contribution is -2.41. The molecule has 1 aliphatic heterocycles. The topological polar surface area (TPSA) is 86.7 Å². The molecule has 0 saturated carbocycles. The van der Waals surface area contributed by atoms with E-state index in [9.17, 15) is 14.4 Å². The Balaban J connectivity index is 2.45. The van der Waals surface area contributed by atoms with Crippen LogP contribution in [0.5, 0.6) is 0 Å². The second kappa shape index (κ2) is 5.60. The van der Waals surface area contributed by atoms with Gasteiger partial charge in [-0.15, -0.1) is 0 Å². The van der Waals surface area contributed by atoms with Gasteiger partial charge in [-0.25, -0.2) is 0 Å². The van der Waals surface area contributed by atoms with Gasteiger partial charge in [0.1, 0.15) is 6.04 Å². The first-order valence-electron chi connectivity index (χ1n) is 5.35. The molecule has 1 rings (SSSR count). The molecule has 0 spiro atoms. The molecule has 0 aromatic rings. The number of carboxylic acid groups (broad SMARTS) is 1. The van der Waals surface area contributed by atoms with E-state index in [0.29, 0.717) is 6.54 Å². The summed E-state index contributed by atoms with van der Waals surface area (Å²) in [6.07, 6.45) is 0.746. The van der Waals surface area contributed by atoms with E-state index in [2.05, 4.69) is 5.32 Å². The molecule has 2 amide bonds. The number of likely N-dealkylation sites (tertiary alicyclic amines) is 1. The van der Waals surface area contributed by atoms with E-state index in [4.69, 9.17) is 5.11 Å². The second-order valence-corrected chi connectivity index (χ2v) is 3.68. The maximum absolute atomic E-state index is 11.3. The summed E-state index contributed by atoms with van der Waals surface area (Å²) < 4.78 is 0. The summed E-state index contributed by atoms with van der Waals surface area (Å²) in [5.41, 5.74) is 0. The van der Waals surface area contributed by atoms with Gasteiger partial charge in [-0.2, -0.15) is 0 Å². The van der Waals surface area contributed by atoms with E-state index in [1.807, 2.05) is 6.92 Å². The predicted molar refractivity (Wildman–Crippen MR) is 55.7 cm³/mol. The van der Waals surface area contributed by atoms with E-state index in [-0.39, 0.29) is 37.6 Å². The fraction of sp³-hybridized carbons (Fsp3) is 0.700. The number of amides is 2. The van der Waals surface area contributed by atoms with Gasteiger partial charge in [-0.3, -0.25) is 19.3 Å². The fourth-order valence-corrected chi connectivity index (χ4v) is 1.69. The van der Waals surface area contributed by atoms with Crippen molar-refractivity contribution in [3.05, 3.63) is 0 Å². The third-order valence-corrected chi connectivity index (χ3v) is 2.54. The number of nitrogens with one attached hydrogen (secondary N) is 1. The van der Waals surface area contributed by atoms with Crippen LogP contribution in [-0.4, -0.2) is 46.9 Å². The molecule has 1 atom stereocenters. The molecule has 6 nitrogen and oxygen atoms in total. The normalized spacial score (nSPS) is 17.9. The van der Waals surface area contributed by atoms with Crippen molar-refractivity contribution in [1.82, 2.24) is 10.2 Å². The van der Waals surface area contributed by atoms with Gasteiger partial charge < -0.3 is 10.4 Å². The van der Waals surface area contributed by atoms with Gasteiger partial charge in [0, 0.05) is 19.4 Å². The minimum atomic E-state index is -0.957. The molecule has 1 saturated heterocycles. The Bertz CT molecular complexity index is 287. The molecule has 0 aromatic heterocycles. The molecule has 1 unspecified atom stereocenters. The third kappa shape index (κ3) is 3.03. The van der Waals surface area contributed by atoms with E-state index in [0.717, 1.165) is 4.90 Å². The third-order valence-electron chi connectivity index (χ3n) is 2.54. The number of hydrogen-bond acceptors (Lipinski definition) is 4. The molecule has 2 N–H and O–H groups in total. The largest absolute Gasteiger partial charge is 0.480 e. The Morgan fingerprint density at radius 1 is 1.44 bits per heavy atom. The van der Waals surface area contributed by atoms with Crippen LogP contribution in [0.3, 0.4) is 0 Å². The predicted octanol–water partition coefficient (Wildman–Crippen LogP) is -0.412. The molecule has 1 aliphatic rings. The number of likely N-dealkylation sites (N-methyl/N-ethyl adjacent to an activating group) is 1. The number of imide groups is 1. The van der Waals surface area contributed by atoms with Crippen molar-refractivity contribution in [3.63, 3.8) is 0 Å². The summed E-state index contributed by atoms with van der Waals surface area (Å²) in [4.78, 5) is 34.5. The van der Waals surface area contributed by atoms with Crippen LogP contribution in [0.25, 0.3) is 0 Å². The average molecular weight is 228 g/mol. The Morgan fingerprint density at radius 2 is 2.00 bits per heavy atom. The van der Waals surface area contributed by atoms with E-state index >= 15 is 0 Å². The SMILES string of the molecule is CCNC(CCN1C(=O)CCC1=O)C(=O)O. The molecule has 6 heteroatoms. The van der Waals surface area contributed by atoms with Crippen LogP contribution in [0, 0.1) is 0 Å². The van der Waals surface area contributed by atoms with Gasteiger partial charge in [0.15, 0.2) is 0 Å². The minimum Gasteiger partial charge on any atom is -0.480 e. The Morgan fingerprint density at radius 3 is 2.44 bits per heavy atom. The quantitative estimate of drug-likeness (QED) is 0.603. The van der Waals surface area contributed by atoms with Crippen LogP contribution in [-0.2, 0) is 14.4 Å². The van der Waals surface area contributed by atoms with Crippen LogP contribution in [0.2, 0.25) is 0 Å². The van der Waals surface area contributed by atoms with Gasteiger partial charge in [0.05, 0.1) is 0 Å². The number of carbonyl (C=O) groups excluding carboxylic acids is 2. The smallest absolute Gasteiger partial charge is 0.320 e. The van der Waals surface area contributed by atoms with Crippen molar-refractivity contribution in [2.75, 3.05) is 13.1 Å². The van der Waals surface area contributed by atoms with Crippen molar-refractivity contribution in [2.24, 2.45) is 0 Å². The van der Waals surface area contributed by atoms with Gasteiger partial charge in [0.25, 0.3) is 0 Å². The maximum atomic E-state index is 11.3. The van der Waals surface area contributed by atoms with Crippen LogP contribution < -0.4 is 5.32 Å². The molecule has 1 fully saturated rings. The zero-order valence-electron chi connectivity index (χ0n) is 9.23. The fourth-order valence-electron chi connectivity index (χ4n) is 1.69. The Kier molecular flexibility index (Phi) is 4.42. The number of rotatable bonds is 6. The monoisotopic (exact) mass is 228 g/mol. The summed E-state index contributed by atoms with van der Waals surface area (Å²) in [6, 6.07) is -0.703. The first kappa shape index (κ1) is 12.6. The molecule has 1 heterocycles. The standard InChI is InChI=1S/C10H16N2O4/c1-2-11-7(10(15)16)5-6-12-8(13)3-4-9(12)14/h7,11H,2-6H2,1H3,(H,15,16). The average Bonchev–Trinajstić information content (AvgIpc) is 2.54. The van der Waals surface area contributed by atoms with Crippen LogP contribution >= 0.6 is 0 Å². The zero-order valence-corrected chi connectivity index (χ0v) is 9.23. The van der Waals surface area contributed by atoms with E-state index < -0.39 is 12.0 Å². The van der Waals surface area contributed by atoms with Crippen molar-refractivity contribution in [2.45, 2.75) is 32.2 Å². The zero-order chi connectivity index (χ0) is 12.1. The van der Waals surface area contributed by atoms with Crippen LogP contribution in [0.4, 0.5) is 0 Å². The van der Waals surface area contributed by atoms with Gasteiger partial charge in [-0.1, -0.05) is 6.92 Å². The van der Waals surface area contributed by atoms with E-state index in [1.165, 1.54) is 0 Å². The molecule has 90 valence electrons. The second-order valence-electron chi connectivity index (χ2n) is 3.68. The number of carboxylic acids is 1. The van der Waals surface area contributed by atoms with Crippen molar-refractivity contribution < 1.29 is 19.5 Å². The van der Waals surface area contributed by atoms with Crippen LogP contribution in [0.1, 0.15) is 26.2 Å². The molecule has 0 bridgehead atoms. The highest BCUT2D eigenvalue weighted by molar-refractivity contribution is 6.01.